The number of urea groups is 1. The molecule has 0 unspecified atom stereocenters. The maximum Gasteiger partial charge on any atom is 0.333 e. The second-order valence-corrected chi connectivity index (χ2v) is 7.89. The van der Waals surface area contributed by atoms with E-state index in [1.165, 1.54) is 9.91 Å². The van der Waals surface area contributed by atoms with Crippen LogP contribution in [0.3, 0.4) is 0 Å². The quantitative estimate of drug-likeness (QED) is 0.379. The Morgan fingerprint density at radius 3 is 2.15 bits per heavy atom. The molecule has 0 aliphatic heterocycles. The molecule has 156 valence electrons. The SMILES string of the molecule is CCOC(=O)C(C)=C[C@H](C(C)C)N(C)C(=O)CNC(=O)N(C)NC(C)(C)C. The van der Waals surface area contributed by atoms with Crippen LogP contribution in [-0.2, 0) is 14.3 Å². The Labute approximate surface area is 163 Å². The molecule has 1 atom stereocenters. The van der Waals surface area contributed by atoms with Crippen molar-refractivity contribution >= 4 is 17.9 Å². The second-order valence-electron chi connectivity index (χ2n) is 7.89. The molecule has 0 aromatic carbocycles. The van der Waals surface area contributed by atoms with Crippen molar-refractivity contribution in [3.63, 3.8) is 0 Å². The number of hydrogen-bond acceptors (Lipinski definition) is 5. The van der Waals surface area contributed by atoms with Gasteiger partial charge in [-0.25, -0.2) is 15.0 Å². The molecule has 27 heavy (non-hydrogen) atoms. The van der Waals surface area contributed by atoms with E-state index < -0.39 is 12.0 Å². The predicted octanol–water partition coefficient (Wildman–Crippen LogP) is 1.92. The lowest BCUT2D eigenvalue weighted by Crippen LogP contribution is -2.54. The molecule has 0 heterocycles. The maximum absolute atomic E-state index is 12.5. The van der Waals surface area contributed by atoms with E-state index >= 15 is 0 Å². The van der Waals surface area contributed by atoms with Gasteiger partial charge in [-0.15, -0.1) is 0 Å². The fourth-order valence-electron chi connectivity index (χ4n) is 2.44. The fraction of sp³-hybridized carbons (Fsp3) is 0.737. The largest absolute Gasteiger partial charge is 0.463 e. The summed E-state index contributed by atoms with van der Waals surface area (Å²) in [5, 5.41) is 3.91. The number of likely N-dealkylation sites (N-methyl/N-ethyl adjacent to an activating group) is 1. The molecular formula is C19H36N4O4. The van der Waals surface area contributed by atoms with E-state index in [-0.39, 0.29) is 30.0 Å². The first-order chi connectivity index (χ1) is 12.3. The van der Waals surface area contributed by atoms with E-state index in [0.29, 0.717) is 12.2 Å². The Morgan fingerprint density at radius 2 is 1.70 bits per heavy atom. The molecule has 8 nitrogen and oxygen atoms in total. The first-order valence-corrected chi connectivity index (χ1v) is 9.20. The van der Waals surface area contributed by atoms with Crippen LogP contribution in [-0.4, -0.2) is 66.6 Å². The predicted molar refractivity (Wildman–Crippen MR) is 106 cm³/mol. The van der Waals surface area contributed by atoms with Crippen LogP contribution in [0.2, 0.25) is 0 Å². The molecule has 0 spiro atoms. The molecule has 2 N–H and O–H groups in total. The third-order valence-corrected chi connectivity index (χ3v) is 3.74. The van der Waals surface area contributed by atoms with Crippen molar-refractivity contribution in [1.82, 2.24) is 20.7 Å². The zero-order valence-corrected chi connectivity index (χ0v) is 18.2. The number of esters is 1. The highest BCUT2D eigenvalue weighted by atomic mass is 16.5. The summed E-state index contributed by atoms with van der Waals surface area (Å²) in [5.41, 5.74) is 3.18. The minimum atomic E-state index is -0.397. The number of amides is 3. The Hall–Kier alpha value is -2.09. The van der Waals surface area contributed by atoms with Crippen molar-refractivity contribution in [3.8, 4) is 0 Å². The van der Waals surface area contributed by atoms with E-state index in [9.17, 15) is 14.4 Å². The average Bonchev–Trinajstić information content (AvgIpc) is 2.54. The zero-order valence-electron chi connectivity index (χ0n) is 18.2. The molecule has 0 radical (unpaired) electrons. The number of rotatable bonds is 8. The molecule has 0 bridgehead atoms. The third kappa shape index (κ3) is 9.42. The first-order valence-electron chi connectivity index (χ1n) is 9.20. The first kappa shape index (κ1) is 24.9. The van der Waals surface area contributed by atoms with Crippen LogP contribution in [0.15, 0.2) is 11.6 Å². The number of hydrazine groups is 1. The van der Waals surface area contributed by atoms with Crippen molar-refractivity contribution in [3.05, 3.63) is 11.6 Å². The smallest absolute Gasteiger partial charge is 0.333 e. The van der Waals surface area contributed by atoms with Gasteiger partial charge in [-0.3, -0.25) is 9.80 Å². The summed E-state index contributed by atoms with van der Waals surface area (Å²) in [7, 11) is 3.25. The molecule has 0 aliphatic rings. The highest BCUT2D eigenvalue weighted by molar-refractivity contribution is 5.88. The Kier molecular flexibility index (Phi) is 10.1. The molecule has 0 saturated carbocycles. The summed E-state index contributed by atoms with van der Waals surface area (Å²) in [6.07, 6.45) is 1.73. The highest BCUT2D eigenvalue weighted by Gasteiger charge is 2.24. The molecule has 0 aliphatic carbocycles. The van der Waals surface area contributed by atoms with Gasteiger partial charge >= 0.3 is 12.0 Å². The lowest BCUT2D eigenvalue weighted by molar-refractivity contribution is -0.138. The molecule has 8 heteroatoms. The standard InChI is InChI=1S/C19H36N4O4/c1-10-27-17(25)14(4)11-15(13(2)3)22(8)16(24)12-20-18(26)23(9)21-19(5,6)7/h11,13,15,21H,10,12H2,1-9H3,(H,20,26)/t15-/m1/s1. The van der Waals surface area contributed by atoms with Crippen molar-refractivity contribution in [1.29, 1.82) is 0 Å². The van der Waals surface area contributed by atoms with Gasteiger partial charge in [0.1, 0.15) is 0 Å². The van der Waals surface area contributed by atoms with Crippen LogP contribution in [0.5, 0.6) is 0 Å². The average molecular weight is 385 g/mol. The van der Waals surface area contributed by atoms with Crippen molar-refractivity contribution in [2.24, 2.45) is 5.92 Å². The van der Waals surface area contributed by atoms with Gasteiger partial charge in [0.05, 0.1) is 19.2 Å². The van der Waals surface area contributed by atoms with Crippen molar-refractivity contribution in [2.45, 2.75) is 60.0 Å². The Balaban J connectivity index is 4.93. The molecule has 0 aromatic heterocycles. The van der Waals surface area contributed by atoms with Crippen molar-refractivity contribution in [2.75, 3.05) is 27.2 Å². The monoisotopic (exact) mass is 384 g/mol. The van der Waals surface area contributed by atoms with Crippen LogP contribution in [0.4, 0.5) is 4.79 Å². The zero-order chi connectivity index (χ0) is 21.4. The van der Waals surface area contributed by atoms with Gasteiger partial charge in [0.2, 0.25) is 5.91 Å². The maximum atomic E-state index is 12.5. The molecule has 0 aromatic rings. The minimum absolute atomic E-state index is 0.0873. The highest BCUT2D eigenvalue weighted by Crippen LogP contribution is 2.14. The van der Waals surface area contributed by atoms with Crippen LogP contribution >= 0.6 is 0 Å². The van der Waals surface area contributed by atoms with Crippen LogP contribution in [0, 0.1) is 5.92 Å². The van der Waals surface area contributed by atoms with E-state index in [0.717, 1.165) is 0 Å². The number of carbonyl (C=O) groups is 3. The number of ether oxygens (including phenoxy) is 1. The minimum Gasteiger partial charge on any atom is -0.463 e. The van der Waals surface area contributed by atoms with E-state index in [1.54, 1.807) is 34.0 Å². The van der Waals surface area contributed by atoms with Crippen LogP contribution < -0.4 is 10.7 Å². The van der Waals surface area contributed by atoms with E-state index in [2.05, 4.69) is 10.7 Å². The molecular weight excluding hydrogens is 348 g/mol. The van der Waals surface area contributed by atoms with E-state index in [1.807, 2.05) is 34.6 Å². The van der Waals surface area contributed by atoms with Crippen LogP contribution in [0.25, 0.3) is 0 Å². The van der Waals surface area contributed by atoms with Gasteiger partial charge in [0, 0.05) is 25.2 Å². The summed E-state index contributed by atoms with van der Waals surface area (Å²) in [6.45, 7) is 13.3. The topological polar surface area (TPSA) is 91.0 Å². The molecule has 0 rings (SSSR count). The third-order valence-electron chi connectivity index (χ3n) is 3.74. The number of nitrogens with zero attached hydrogens (tertiary/aromatic N) is 2. The van der Waals surface area contributed by atoms with Crippen molar-refractivity contribution < 1.29 is 19.1 Å². The van der Waals surface area contributed by atoms with E-state index in [4.69, 9.17) is 4.74 Å². The normalized spacial score (nSPS) is 13.2. The van der Waals surface area contributed by atoms with Gasteiger partial charge in [-0.05, 0) is 40.5 Å². The molecule has 0 fully saturated rings. The lowest BCUT2D eigenvalue weighted by Gasteiger charge is -2.31. The number of carbonyl (C=O) groups excluding carboxylic acids is 3. The van der Waals surface area contributed by atoms with Crippen LogP contribution in [0.1, 0.15) is 48.5 Å². The summed E-state index contributed by atoms with van der Waals surface area (Å²) in [6, 6.07) is -0.685. The molecule has 3 amide bonds. The summed E-state index contributed by atoms with van der Waals surface area (Å²) < 4.78 is 4.99. The Morgan fingerprint density at radius 1 is 1.15 bits per heavy atom. The lowest BCUT2D eigenvalue weighted by atomic mass is 10.00. The fourth-order valence-corrected chi connectivity index (χ4v) is 2.44. The molecule has 0 saturated heterocycles. The second kappa shape index (κ2) is 10.9. The van der Waals surface area contributed by atoms with Gasteiger partial charge < -0.3 is 15.0 Å². The van der Waals surface area contributed by atoms with Gasteiger partial charge in [-0.2, -0.15) is 0 Å². The number of nitrogens with one attached hydrogen (secondary N) is 2. The summed E-state index contributed by atoms with van der Waals surface area (Å²) >= 11 is 0. The Bertz CT molecular complexity index is 552. The summed E-state index contributed by atoms with van der Waals surface area (Å²) in [5.74, 6) is -0.560. The number of hydrogen-bond donors (Lipinski definition) is 2. The summed E-state index contributed by atoms with van der Waals surface area (Å²) in [4.78, 5) is 38.0. The van der Waals surface area contributed by atoms with Gasteiger partial charge in [0.15, 0.2) is 0 Å². The van der Waals surface area contributed by atoms with Gasteiger partial charge in [0.25, 0.3) is 0 Å². The van der Waals surface area contributed by atoms with Gasteiger partial charge in [-0.1, -0.05) is 19.9 Å².